The number of halogens is 5. The molecule has 26 heavy (non-hydrogen) atoms. The zero-order chi connectivity index (χ0) is 18.9. The molecule has 0 aliphatic rings. The van der Waals surface area contributed by atoms with Gasteiger partial charge < -0.3 is 15.0 Å². The largest absolute Gasteiger partial charge is 0.494 e. The van der Waals surface area contributed by atoms with E-state index in [0.717, 1.165) is 10.9 Å². The summed E-state index contributed by atoms with van der Waals surface area (Å²) in [7, 11) is 1.34. The standard InChI is InChI=1S/C18H15Cl2F3N2O/c1-26-15-8-11(19)7-13(20)17(15)25-16(18(21,22)23)6-10-9-24-14-5-3-2-4-12(10)14/h2-5,7-9,16,24-25H,6H2,1H3. The van der Waals surface area contributed by atoms with Crippen LogP contribution >= 0.6 is 23.2 Å². The lowest BCUT2D eigenvalue weighted by molar-refractivity contribution is -0.142. The normalized spacial score (nSPS) is 13.0. The minimum atomic E-state index is -4.49. The van der Waals surface area contributed by atoms with Crippen LogP contribution in [0.3, 0.4) is 0 Å². The van der Waals surface area contributed by atoms with E-state index in [1.165, 1.54) is 19.2 Å². The number of ether oxygens (including phenoxy) is 1. The van der Waals surface area contributed by atoms with E-state index in [4.69, 9.17) is 27.9 Å². The zero-order valence-corrected chi connectivity index (χ0v) is 15.1. The van der Waals surface area contributed by atoms with E-state index in [0.29, 0.717) is 5.56 Å². The third-order valence-electron chi connectivity index (χ3n) is 4.05. The van der Waals surface area contributed by atoms with Gasteiger partial charge in [0.15, 0.2) is 0 Å². The Morgan fingerprint density at radius 3 is 2.62 bits per heavy atom. The smallest absolute Gasteiger partial charge is 0.408 e. The summed E-state index contributed by atoms with van der Waals surface area (Å²) in [4.78, 5) is 2.99. The molecule has 1 unspecified atom stereocenters. The molecule has 0 bridgehead atoms. The second-order valence-corrected chi connectivity index (χ2v) is 6.61. The van der Waals surface area contributed by atoms with Crippen LogP contribution < -0.4 is 10.1 Å². The van der Waals surface area contributed by atoms with Crippen molar-refractivity contribution in [3.8, 4) is 5.75 Å². The molecule has 0 aliphatic carbocycles. The van der Waals surface area contributed by atoms with Crippen LogP contribution in [0.4, 0.5) is 18.9 Å². The molecule has 138 valence electrons. The van der Waals surface area contributed by atoms with Crippen molar-refractivity contribution in [2.45, 2.75) is 18.6 Å². The quantitative estimate of drug-likeness (QED) is 0.543. The van der Waals surface area contributed by atoms with E-state index >= 15 is 0 Å². The van der Waals surface area contributed by atoms with Gasteiger partial charge in [-0.25, -0.2) is 0 Å². The molecule has 0 aliphatic heterocycles. The molecule has 3 aromatic rings. The van der Waals surface area contributed by atoms with Gasteiger partial charge in [0.25, 0.3) is 0 Å². The van der Waals surface area contributed by atoms with Gasteiger partial charge in [-0.15, -0.1) is 0 Å². The number of hydrogen-bond donors (Lipinski definition) is 2. The molecule has 1 atom stereocenters. The molecule has 8 heteroatoms. The fourth-order valence-corrected chi connectivity index (χ4v) is 3.32. The Morgan fingerprint density at radius 1 is 1.19 bits per heavy atom. The van der Waals surface area contributed by atoms with Gasteiger partial charge in [0.05, 0.1) is 17.8 Å². The summed E-state index contributed by atoms with van der Waals surface area (Å²) in [5.41, 5.74) is 1.39. The Bertz CT molecular complexity index is 924. The van der Waals surface area contributed by atoms with Crippen LogP contribution in [0, 0.1) is 0 Å². The molecule has 1 heterocycles. The Balaban J connectivity index is 1.96. The third kappa shape index (κ3) is 3.86. The summed E-state index contributed by atoms with van der Waals surface area (Å²) in [5.74, 6) is 0.149. The summed E-state index contributed by atoms with van der Waals surface area (Å²) in [5, 5.41) is 3.56. The van der Waals surface area contributed by atoms with Crippen LogP contribution in [-0.4, -0.2) is 24.3 Å². The topological polar surface area (TPSA) is 37.0 Å². The monoisotopic (exact) mass is 402 g/mol. The molecule has 3 nitrogen and oxygen atoms in total. The van der Waals surface area contributed by atoms with Crippen LogP contribution in [0.15, 0.2) is 42.6 Å². The van der Waals surface area contributed by atoms with Crippen molar-refractivity contribution in [2.24, 2.45) is 0 Å². The second kappa shape index (κ2) is 7.29. The fraction of sp³-hybridized carbons (Fsp3) is 0.222. The molecule has 0 saturated carbocycles. The molecule has 0 fully saturated rings. The minimum absolute atomic E-state index is 0.0562. The number of fused-ring (bicyclic) bond motifs is 1. The Labute approximate surface area is 158 Å². The molecule has 2 N–H and O–H groups in total. The third-order valence-corrected chi connectivity index (χ3v) is 4.57. The van der Waals surface area contributed by atoms with Crippen molar-refractivity contribution in [2.75, 3.05) is 12.4 Å². The average molecular weight is 403 g/mol. The maximum absolute atomic E-state index is 13.7. The number of rotatable bonds is 5. The number of methoxy groups -OCH3 is 1. The van der Waals surface area contributed by atoms with Gasteiger partial charge in [-0.3, -0.25) is 0 Å². The van der Waals surface area contributed by atoms with E-state index in [9.17, 15) is 13.2 Å². The summed E-state index contributed by atoms with van der Waals surface area (Å²) < 4.78 is 46.1. The van der Waals surface area contributed by atoms with Crippen molar-refractivity contribution < 1.29 is 17.9 Å². The van der Waals surface area contributed by atoms with Crippen LogP contribution in [0.1, 0.15) is 5.56 Å². The molecule has 2 aromatic carbocycles. The van der Waals surface area contributed by atoms with E-state index in [1.54, 1.807) is 18.3 Å². The predicted octanol–water partition coefficient (Wildman–Crippen LogP) is 6.07. The highest BCUT2D eigenvalue weighted by atomic mass is 35.5. The van der Waals surface area contributed by atoms with E-state index < -0.39 is 12.2 Å². The first-order valence-corrected chi connectivity index (χ1v) is 8.46. The zero-order valence-electron chi connectivity index (χ0n) is 13.6. The SMILES string of the molecule is COc1cc(Cl)cc(Cl)c1NC(Cc1c[nH]c2ccccc12)C(F)(F)F. The van der Waals surface area contributed by atoms with Gasteiger partial charge in [0, 0.05) is 34.6 Å². The molecule has 0 spiro atoms. The molecule has 3 rings (SSSR count). The second-order valence-electron chi connectivity index (χ2n) is 5.77. The number of benzene rings is 2. The summed E-state index contributed by atoms with van der Waals surface area (Å²) in [6, 6.07) is 8.13. The average Bonchev–Trinajstić information content (AvgIpc) is 2.98. The maximum atomic E-state index is 13.7. The van der Waals surface area contributed by atoms with E-state index in [-0.39, 0.29) is 27.9 Å². The number of H-pyrrole nitrogens is 1. The molecule has 0 saturated heterocycles. The minimum Gasteiger partial charge on any atom is -0.494 e. The van der Waals surface area contributed by atoms with Gasteiger partial charge in [-0.05, 0) is 17.7 Å². The molecule has 0 amide bonds. The first kappa shape index (κ1) is 18.7. The van der Waals surface area contributed by atoms with Gasteiger partial charge in [0.1, 0.15) is 11.8 Å². The first-order chi connectivity index (χ1) is 12.3. The lowest BCUT2D eigenvalue weighted by Crippen LogP contribution is -2.38. The van der Waals surface area contributed by atoms with Crippen LogP contribution in [0.25, 0.3) is 10.9 Å². The van der Waals surface area contributed by atoms with Gasteiger partial charge in [0.2, 0.25) is 0 Å². The fourth-order valence-electron chi connectivity index (χ4n) is 2.79. The number of para-hydroxylation sites is 1. The highest BCUT2D eigenvalue weighted by Gasteiger charge is 2.40. The van der Waals surface area contributed by atoms with Crippen LogP contribution in [0.5, 0.6) is 5.75 Å². The highest BCUT2D eigenvalue weighted by Crippen LogP contribution is 2.38. The van der Waals surface area contributed by atoms with Crippen LogP contribution in [0.2, 0.25) is 10.0 Å². The lowest BCUT2D eigenvalue weighted by atomic mass is 10.0. The van der Waals surface area contributed by atoms with Crippen molar-refractivity contribution in [3.63, 3.8) is 0 Å². The molecular formula is C18H15Cl2F3N2O. The molecule has 0 radical (unpaired) electrons. The molecular weight excluding hydrogens is 388 g/mol. The number of aromatic nitrogens is 1. The number of nitrogens with one attached hydrogen (secondary N) is 2. The van der Waals surface area contributed by atoms with Gasteiger partial charge >= 0.3 is 6.18 Å². The summed E-state index contributed by atoms with van der Waals surface area (Å²) in [6.45, 7) is 0. The number of aromatic amines is 1. The van der Waals surface area contributed by atoms with Crippen molar-refractivity contribution in [1.82, 2.24) is 4.98 Å². The number of hydrogen-bond acceptors (Lipinski definition) is 2. The van der Waals surface area contributed by atoms with Crippen molar-refractivity contribution >= 4 is 39.8 Å². The van der Waals surface area contributed by atoms with Crippen molar-refractivity contribution in [1.29, 1.82) is 0 Å². The highest BCUT2D eigenvalue weighted by molar-refractivity contribution is 6.36. The van der Waals surface area contributed by atoms with Gasteiger partial charge in [-0.2, -0.15) is 13.2 Å². The Kier molecular flexibility index (Phi) is 5.25. The predicted molar refractivity (Wildman–Crippen MR) is 98.5 cm³/mol. The Morgan fingerprint density at radius 2 is 1.92 bits per heavy atom. The maximum Gasteiger partial charge on any atom is 0.408 e. The summed E-state index contributed by atoms with van der Waals surface area (Å²) in [6.07, 6.45) is -3.17. The molecule has 1 aromatic heterocycles. The van der Waals surface area contributed by atoms with Crippen LogP contribution in [-0.2, 0) is 6.42 Å². The van der Waals surface area contributed by atoms with E-state index in [2.05, 4.69) is 10.3 Å². The number of alkyl halides is 3. The number of anilines is 1. The Hall–Kier alpha value is -2.05. The van der Waals surface area contributed by atoms with E-state index in [1.807, 2.05) is 12.1 Å². The lowest BCUT2D eigenvalue weighted by Gasteiger charge is -2.24. The van der Waals surface area contributed by atoms with Gasteiger partial charge in [-0.1, -0.05) is 41.4 Å². The summed E-state index contributed by atoms with van der Waals surface area (Å²) >= 11 is 12.0. The van der Waals surface area contributed by atoms with Crippen molar-refractivity contribution in [3.05, 3.63) is 58.2 Å². The first-order valence-electron chi connectivity index (χ1n) is 7.71.